The molecule has 0 aliphatic carbocycles. The number of anilines is 1. The van der Waals surface area contributed by atoms with Crippen molar-refractivity contribution in [3.05, 3.63) is 72.8 Å². The molecule has 3 aromatic heterocycles. The highest BCUT2D eigenvalue weighted by Crippen LogP contribution is 2.24. The average molecular weight is 369 g/mol. The van der Waals surface area contributed by atoms with Gasteiger partial charge in [0.2, 0.25) is 0 Å². The molecular weight excluding hydrogens is 354 g/mol. The molecule has 0 radical (unpaired) electrons. The molecule has 28 heavy (non-hydrogen) atoms. The minimum atomic E-state index is -0.250. The Morgan fingerprint density at radius 2 is 1.93 bits per heavy atom. The van der Waals surface area contributed by atoms with Gasteiger partial charge in [-0.1, -0.05) is 6.07 Å². The second-order valence-electron chi connectivity index (χ2n) is 6.53. The fraction of sp³-hybridized carbons (Fsp3) is 0.0476. The van der Waals surface area contributed by atoms with Crippen LogP contribution in [0.2, 0.25) is 0 Å². The first-order valence-electron chi connectivity index (χ1n) is 8.71. The molecule has 7 nitrogen and oxygen atoms in total. The van der Waals surface area contributed by atoms with Crippen molar-refractivity contribution in [2.45, 2.75) is 0 Å². The summed E-state index contributed by atoms with van der Waals surface area (Å²) in [4.78, 5) is 12.6. The quantitative estimate of drug-likeness (QED) is 0.519. The van der Waals surface area contributed by atoms with E-state index in [2.05, 4.69) is 20.6 Å². The number of nitrogens with zero attached hydrogens (tertiary/aromatic N) is 4. The van der Waals surface area contributed by atoms with Crippen molar-refractivity contribution < 1.29 is 9.21 Å². The molecule has 2 aromatic carbocycles. The number of benzene rings is 2. The van der Waals surface area contributed by atoms with Crippen LogP contribution >= 0.6 is 0 Å². The van der Waals surface area contributed by atoms with Gasteiger partial charge in [-0.05, 0) is 48.0 Å². The Labute approximate surface area is 159 Å². The number of carbonyl (C=O) groups is 1. The lowest BCUT2D eigenvalue weighted by Crippen LogP contribution is -2.13. The monoisotopic (exact) mass is 369 g/mol. The average Bonchev–Trinajstić information content (AvgIpc) is 3.35. The summed E-state index contributed by atoms with van der Waals surface area (Å²) in [5, 5.41) is 17.1. The third kappa shape index (κ3) is 2.88. The first-order valence-corrected chi connectivity index (χ1v) is 8.71. The van der Waals surface area contributed by atoms with Gasteiger partial charge in [-0.2, -0.15) is 5.10 Å². The van der Waals surface area contributed by atoms with Crippen LogP contribution in [0.1, 0.15) is 10.4 Å². The van der Waals surface area contributed by atoms with Gasteiger partial charge in [-0.15, -0.1) is 10.2 Å². The Hall–Kier alpha value is -4.00. The highest BCUT2D eigenvalue weighted by Gasteiger charge is 2.10. The van der Waals surface area contributed by atoms with E-state index in [1.54, 1.807) is 29.1 Å². The number of carbonyl (C=O) groups excluding carboxylic acids is 1. The summed E-state index contributed by atoms with van der Waals surface area (Å²) in [6.45, 7) is 0. The van der Waals surface area contributed by atoms with Crippen molar-refractivity contribution in [2.24, 2.45) is 7.05 Å². The predicted molar refractivity (Wildman–Crippen MR) is 106 cm³/mol. The van der Waals surface area contributed by atoms with E-state index in [0.29, 0.717) is 11.4 Å². The molecule has 0 atom stereocenters. The van der Waals surface area contributed by atoms with E-state index >= 15 is 0 Å². The third-order valence-corrected chi connectivity index (χ3v) is 4.58. The number of aromatic nitrogens is 4. The summed E-state index contributed by atoms with van der Waals surface area (Å²) < 4.78 is 7.07. The highest BCUT2D eigenvalue weighted by atomic mass is 16.3. The van der Waals surface area contributed by atoms with E-state index in [1.807, 2.05) is 49.8 Å². The molecule has 3 heterocycles. The maximum absolute atomic E-state index is 12.6. The van der Waals surface area contributed by atoms with E-state index < -0.39 is 0 Å². The van der Waals surface area contributed by atoms with E-state index in [9.17, 15) is 4.79 Å². The SMILES string of the molecule is Cn1cc(-c2ccc3nnc(NC(=O)c4ccc5occc5c4)cc3c2)cn1. The summed E-state index contributed by atoms with van der Waals surface area (Å²) in [7, 11) is 1.88. The summed E-state index contributed by atoms with van der Waals surface area (Å²) in [6.07, 6.45) is 5.36. The molecule has 1 N–H and O–H groups in total. The molecule has 5 aromatic rings. The van der Waals surface area contributed by atoms with Crippen molar-refractivity contribution in [2.75, 3.05) is 5.32 Å². The summed E-state index contributed by atoms with van der Waals surface area (Å²) in [6, 6.07) is 14.8. The maximum atomic E-state index is 12.6. The summed E-state index contributed by atoms with van der Waals surface area (Å²) >= 11 is 0. The number of rotatable bonds is 3. The number of fused-ring (bicyclic) bond motifs is 2. The van der Waals surface area contributed by atoms with Crippen LogP contribution < -0.4 is 5.32 Å². The summed E-state index contributed by atoms with van der Waals surface area (Å²) in [5.74, 6) is 0.147. The molecule has 0 spiro atoms. The van der Waals surface area contributed by atoms with Gasteiger partial charge in [0.05, 0.1) is 18.0 Å². The lowest BCUT2D eigenvalue weighted by Gasteiger charge is -2.06. The minimum Gasteiger partial charge on any atom is -0.464 e. The van der Waals surface area contributed by atoms with Gasteiger partial charge >= 0.3 is 0 Å². The van der Waals surface area contributed by atoms with E-state index in [4.69, 9.17) is 4.42 Å². The zero-order valence-corrected chi connectivity index (χ0v) is 15.0. The number of hydrogen-bond donors (Lipinski definition) is 1. The fourth-order valence-corrected chi connectivity index (χ4v) is 3.15. The largest absolute Gasteiger partial charge is 0.464 e. The van der Waals surface area contributed by atoms with Crippen LogP contribution in [0.4, 0.5) is 5.82 Å². The second-order valence-corrected chi connectivity index (χ2v) is 6.53. The van der Waals surface area contributed by atoms with Crippen LogP contribution in [0.15, 0.2) is 71.6 Å². The molecule has 0 aliphatic rings. The Bertz CT molecular complexity index is 1340. The topological polar surface area (TPSA) is 85.8 Å². The van der Waals surface area contributed by atoms with Crippen molar-refractivity contribution in [1.82, 2.24) is 20.0 Å². The Balaban J connectivity index is 1.45. The van der Waals surface area contributed by atoms with Crippen molar-refractivity contribution in [3.8, 4) is 11.1 Å². The van der Waals surface area contributed by atoms with Crippen molar-refractivity contribution in [3.63, 3.8) is 0 Å². The minimum absolute atomic E-state index is 0.250. The van der Waals surface area contributed by atoms with Crippen LogP contribution in [0.25, 0.3) is 33.0 Å². The van der Waals surface area contributed by atoms with Crippen LogP contribution in [-0.2, 0) is 7.05 Å². The number of amides is 1. The number of nitrogens with one attached hydrogen (secondary N) is 1. The van der Waals surface area contributed by atoms with Gasteiger partial charge < -0.3 is 9.73 Å². The molecule has 0 bridgehead atoms. The van der Waals surface area contributed by atoms with Crippen LogP contribution in [-0.4, -0.2) is 25.9 Å². The number of hydrogen-bond acceptors (Lipinski definition) is 5. The molecule has 0 aliphatic heterocycles. The van der Waals surface area contributed by atoms with Crippen LogP contribution in [0.3, 0.4) is 0 Å². The van der Waals surface area contributed by atoms with E-state index in [1.165, 1.54) is 0 Å². The molecule has 1 amide bonds. The standard InChI is InChI=1S/C21H15N5O2/c1-26-12-17(11-22-26)13-2-4-18-16(8-13)10-20(25-24-18)23-21(27)15-3-5-19-14(9-15)6-7-28-19/h2-12H,1H3,(H,23,25,27). The van der Waals surface area contributed by atoms with Gasteiger partial charge in [0.1, 0.15) is 5.58 Å². The zero-order valence-electron chi connectivity index (χ0n) is 15.0. The molecule has 0 fully saturated rings. The normalized spacial score (nSPS) is 11.2. The lowest BCUT2D eigenvalue weighted by atomic mass is 10.1. The van der Waals surface area contributed by atoms with Gasteiger partial charge in [0.15, 0.2) is 5.82 Å². The number of aryl methyl sites for hydroxylation is 1. The molecular formula is C21H15N5O2. The summed E-state index contributed by atoms with van der Waals surface area (Å²) in [5.41, 5.74) is 4.06. The fourth-order valence-electron chi connectivity index (χ4n) is 3.15. The smallest absolute Gasteiger partial charge is 0.256 e. The van der Waals surface area contributed by atoms with E-state index in [0.717, 1.165) is 33.0 Å². The van der Waals surface area contributed by atoms with Gasteiger partial charge in [0.25, 0.3) is 5.91 Å². The lowest BCUT2D eigenvalue weighted by molar-refractivity contribution is 0.102. The van der Waals surface area contributed by atoms with Crippen LogP contribution in [0, 0.1) is 0 Å². The van der Waals surface area contributed by atoms with Gasteiger partial charge in [-0.25, -0.2) is 0 Å². The molecule has 0 saturated heterocycles. The first-order chi connectivity index (χ1) is 13.7. The molecule has 5 rings (SSSR count). The molecule has 136 valence electrons. The van der Waals surface area contributed by atoms with Gasteiger partial charge in [0, 0.05) is 35.1 Å². The van der Waals surface area contributed by atoms with Crippen LogP contribution in [0.5, 0.6) is 0 Å². The predicted octanol–water partition coefficient (Wildman–Crippen LogP) is 4.03. The molecule has 0 unspecified atom stereocenters. The Morgan fingerprint density at radius 3 is 2.79 bits per heavy atom. The Kier molecular flexibility index (Phi) is 3.65. The first kappa shape index (κ1) is 16.2. The second kappa shape index (κ2) is 6.31. The highest BCUT2D eigenvalue weighted by molar-refractivity contribution is 6.06. The van der Waals surface area contributed by atoms with E-state index in [-0.39, 0.29) is 5.91 Å². The molecule has 7 heteroatoms. The number of furan rings is 1. The molecule has 0 saturated carbocycles. The third-order valence-electron chi connectivity index (χ3n) is 4.58. The van der Waals surface area contributed by atoms with Crippen molar-refractivity contribution in [1.29, 1.82) is 0 Å². The Morgan fingerprint density at radius 1 is 1.00 bits per heavy atom. The van der Waals surface area contributed by atoms with Gasteiger partial charge in [-0.3, -0.25) is 9.48 Å². The zero-order chi connectivity index (χ0) is 19.1. The van der Waals surface area contributed by atoms with Crippen molar-refractivity contribution >= 4 is 33.6 Å². The maximum Gasteiger partial charge on any atom is 0.256 e.